The van der Waals surface area contributed by atoms with E-state index in [1.807, 2.05) is 0 Å². The lowest BCUT2D eigenvalue weighted by Gasteiger charge is -2.28. The third-order valence-corrected chi connectivity index (χ3v) is 5.78. The summed E-state index contributed by atoms with van der Waals surface area (Å²) in [6, 6.07) is 3.18. The van der Waals surface area contributed by atoms with Crippen LogP contribution in [0.1, 0.15) is 31.8 Å². The van der Waals surface area contributed by atoms with E-state index in [-0.39, 0.29) is 42.2 Å². The first-order chi connectivity index (χ1) is 15.5. The van der Waals surface area contributed by atoms with Gasteiger partial charge in [-0.15, -0.1) is 0 Å². The van der Waals surface area contributed by atoms with E-state index < -0.39 is 0 Å². The van der Waals surface area contributed by atoms with E-state index in [1.54, 1.807) is 19.2 Å². The van der Waals surface area contributed by atoms with Gasteiger partial charge in [-0.1, -0.05) is 0 Å². The number of fused-ring (bicyclic) bond motifs is 3. The van der Waals surface area contributed by atoms with Crippen molar-refractivity contribution in [3.63, 3.8) is 0 Å². The molecule has 10 nitrogen and oxygen atoms in total. The molecule has 2 amide bonds. The number of hydrogen-bond acceptors (Lipinski definition) is 8. The summed E-state index contributed by atoms with van der Waals surface area (Å²) < 4.78 is 27.5. The molecule has 0 saturated heterocycles. The van der Waals surface area contributed by atoms with Crippen LogP contribution in [0.4, 0.5) is 0 Å². The Morgan fingerprint density at radius 3 is 2.75 bits per heavy atom. The van der Waals surface area contributed by atoms with Gasteiger partial charge in [-0.2, -0.15) is 0 Å². The zero-order valence-corrected chi connectivity index (χ0v) is 17.6. The molecule has 2 N–H and O–H groups in total. The number of carbonyl (C=O) groups is 2. The number of methoxy groups -OCH3 is 1. The van der Waals surface area contributed by atoms with Crippen LogP contribution in [0, 0.1) is 0 Å². The van der Waals surface area contributed by atoms with E-state index in [4.69, 9.17) is 23.7 Å². The van der Waals surface area contributed by atoms with Crippen LogP contribution in [-0.2, 0) is 13.0 Å². The summed E-state index contributed by atoms with van der Waals surface area (Å²) in [5.74, 6) is 0.885. The van der Waals surface area contributed by atoms with E-state index in [2.05, 4.69) is 5.32 Å². The van der Waals surface area contributed by atoms with E-state index in [0.717, 1.165) is 0 Å². The van der Waals surface area contributed by atoms with Gasteiger partial charge in [0, 0.05) is 31.3 Å². The third kappa shape index (κ3) is 3.10. The molecule has 0 aromatic heterocycles. The predicted molar refractivity (Wildman–Crippen MR) is 110 cm³/mol. The second-order valence-corrected chi connectivity index (χ2v) is 7.61. The highest BCUT2D eigenvalue weighted by Crippen LogP contribution is 2.49. The molecule has 0 atom stereocenters. The minimum atomic E-state index is -0.367. The van der Waals surface area contributed by atoms with Gasteiger partial charge >= 0.3 is 0 Å². The summed E-state index contributed by atoms with van der Waals surface area (Å²) in [7, 11) is 3.17. The van der Waals surface area contributed by atoms with E-state index in [1.165, 1.54) is 12.0 Å². The summed E-state index contributed by atoms with van der Waals surface area (Å²) in [6.07, 6.45) is 0.519. The second-order valence-electron chi connectivity index (χ2n) is 7.61. The van der Waals surface area contributed by atoms with Crippen LogP contribution in [0.2, 0.25) is 0 Å². The number of nitrogens with one attached hydrogen (secondary N) is 1. The molecule has 3 heterocycles. The van der Waals surface area contributed by atoms with E-state index >= 15 is 0 Å². The van der Waals surface area contributed by atoms with Crippen LogP contribution in [-0.4, -0.2) is 62.5 Å². The molecule has 3 aliphatic heterocycles. The van der Waals surface area contributed by atoms with Gasteiger partial charge in [-0.25, -0.2) is 0 Å². The van der Waals surface area contributed by atoms with Gasteiger partial charge < -0.3 is 39.0 Å². The maximum Gasteiger partial charge on any atom is 0.257 e. The lowest BCUT2D eigenvalue weighted by Crippen LogP contribution is -2.35. The maximum absolute atomic E-state index is 13.0. The van der Waals surface area contributed by atoms with Crippen molar-refractivity contribution in [2.45, 2.75) is 13.0 Å². The second kappa shape index (κ2) is 7.70. The number of nitrogens with zero attached hydrogens (tertiary/aromatic N) is 1. The van der Waals surface area contributed by atoms with E-state index in [9.17, 15) is 14.7 Å². The Morgan fingerprint density at radius 1 is 1.16 bits per heavy atom. The van der Waals surface area contributed by atoms with Gasteiger partial charge in [0.25, 0.3) is 11.8 Å². The quantitative estimate of drug-likeness (QED) is 0.731. The number of benzene rings is 2. The van der Waals surface area contributed by atoms with Gasteiger partial charge in [-0.3, -0.25) is 9.59 Å². The third-order valence-electron chi connectivity index (χ3n) is 5.78. The zero-order valence-electron chi connectivity index (χ0n) is 17.6. The molecule has 0 bridgehead atoms. The van der Waals surface area contributed by atoms with Gasteiger partial charge in [0.2, 0.25) is 18.3 Å². The monoisotopic (exact) mass is 442 g/mol. The number of aromatic hydroxyl groups is 1. The fraction of sp³-hybridized carbons (Fsp3) is 0.364. The molecule has 0 radical (unpaired) electrons. The fourth-order valence-corrected chi connectivity index (χ4v) is 4.16. The average molecular weight is 442 g/mol. The van der Waals surface area contributed by atoms with Gasteiger partial charge in [-0.05, 0) is 24.1 Å². The minimum absolute atomic E-state index is 0.0733. The molecule has 32 heavy (non-hydrogen) atoms. The van der Waals surface area contributed by atoms with Gasteiger partial charge in [0.05, 0.1) is 12.7 Å². The predicted octanol–water partition coefficient (Wildman–Crippen LogP) is 1.46. The molecule has 10 heteroatoms. The standard InChI is InChI=1S/C22H22N2O8/c1-24-4-3-12-13(18-20(32-10-31-18)17(25)16(12)22(24)27)9-23-21(26)11-7-14(28-2)19-15(8-11)29-5-6-30-19/h7-8,25H,3-6,9-10H2,1-2H3,(H,23,26). The summed E-state index contributed by atoms with van der Waals surface area (Å²) in [5.41, 5.74) is 1.79. The topological polar surface area (TPSA) is 116 Å². The fourth-order valence-electron chi connectivity index (χ4n) is 4.16. The highest BCUT2D eigenvalue weighted by molar-refractivity contribution is 6.01. The number of likely N-dealkylation sites (N-methyl/N-ethyl adjacent to an activating group) is 1. The average Bonchev–Trinajstić information content (AvgIpc) is 3.30. The van der Waals surface area contributed by atoms with Gasteiger partial charge in [0.1, 0.15) is 13.2 Å². The molecule has 2 aromatic rings. The van der Waals surface area contributed by atoms with Crippen LogP contribution in [0.5, 0.6) is 34.5 Å². The summed E-state index contributed by atoms with van der Waals surface area (Å²) >= 11 is 0. The minimum Gasteiger partial charge on any atom is -0.504 e. The van der Waals surface area contributed by atoms with E-state index in [0.29, 0.717) is 65.9 Å². The lowest BCUT2D eigenvalue weighted by molar-refractivity contribution is 0.0776. The number of hydrogen-bond donors (Lipinski definition) is 2. The molecule has 0 spiro atoms. The molecule has 3 aliphatic rings. The number of ether oxygens (including phenoxy) is 5. The molecular weight excluding hydrogens is 420 g/mol. The van der Waals surface area contributed by atoms with Crippen molar-refractivity contribution >= 4 is 11.8 Å². The number of carbonyl (C=O) groups excluding carboxylic acids is 2. The van der Waals surface area contributed by atoms with Crippen LogP contribution in [0.15, 0.2) is 12.1 Å². The molecule has 5 rings (SSSR count). The normalized spacial score (nSPS) is 15.9. The number of phenolic OH excluding ortho intramolecular Hbond substituents is 1. The molecule has 0 saturated carbocycles. The Kier molecular flexibility index (Phi) is 4.84. The SMILES string of the molecule is COc1cc(C(=O)NCc2c3c(c(O)c4c2OCO4)C(=O)N(C)CC3)cc2c1OCCO2. The lowest BCUT2D eigenvalue weighted by atomic mass is 9.91. The Balaban J connectivity index is 1.47. The Labute approximate surface area is 183 Å². The van der Waals surface area contributed by atoms with Crippen LogP contribution in [0.3, 0.4) is 0 Å². The molecule has 0 fully saturated rings. The Bertz CT molecular complexity index is 1110. The molecule has 0 aliphatic carbocycles. The van der Waals surface area contributed by atoms with Crippen LogP contribution in [0.25, 0.3) is 0 Å². The van der Waals surface area contributed by atoms with Crippen molar-refractivity contribution in [3.05, 3.63) is 34.4 Å². The summed E-state index contributed by atoms with van der Waals surface area (Å²) in [5, 5.41) is 13.5. The number of rotatable bonds is 4. The Hall–Kier alpha value is -3.82. The van der Waals surface area contributed by atoms with Crippen molar-refractivity contribution < 1.29 is 38.4 Å². The summed E-state index contributed by atoms with van der Waals surface area (Å²) in [6.45, 7) is 1.29. The first-order valence-corrected chi connectivity index (χ1v) is 10.2. The Morgan fingerprint density at radius 2 is 1.94 bits per heavy atom. The maximum atomic E-state index is 13.0. The molecule has 2 aromatic carbocycles. The molecule has 168 valence electrons. The smallest absolute Gasteiger partial charge is 0.257 e. The number of phenols is 1. The molecule has 0 unspecified atom stereocenters. The highest BCUT2D eigenvalue weighted by Gasteiger charge is 2.35. The largest absolute Gasteiger partial charge is 0.504 e. The van der Waals surface area contributed by atoms with Crippen molar-refractivity contribution in [2.24, 2.45) is 0 Å². The van der Waals surface area contributed by atoms with Crippen molar-refractivity contribution in [2.75, 3.05) is 40.7 Å². The first-order valence-electron chi connectivity index (χ1n) is 10.2. The van der Waals surface area contributed by atoms with Crippen molar-refractivity contribution in [1.82, 2.24) is 10.2 Å². The van der Waals surface area contributed by atoms with Gasteiger partial charge in [0.15, 0.2) is 23.0 Å². The highest BCUT2D eigenvalue weighted by atomic mass is 16.7. The zero-order chi connectivity index (χ0) is 22.4. The summed E-state index contributed by atoms with van der Waals surface area (Å²) in [4.78, 5) is 27.2. The van der Waals surface area contributed by atoms with Crippen molar-refractivity contribution in [1.29, 1.82) is 0 Å². The van der Waals surface area contributed by atoms with Crippen LogP contribution >= 0.6 is 0 Å². The molecular formula is C22H22N2O8. The van der Waals surface area contributed by atoms with Crippen molar-refractivity contribution in [3.8, 4) is 34.5 Å². The van der Waals surface area contributed by atoms with Crippen LogP contribution < -0.4 is 29.0 Å². The number of amides is 2. The first kappa shape index (κ1) is 20.1.